The number of rotatable bonds is 4. The molecular formula is C23H37N5. The topological polar surface area (TPSA) is 44.3 Å². The molecular weight excluding hydrogens is 346 g/mol. The summed E-state index contributed by atoms with van der Waals surface area (Å²) in [6.45, 7) is 4.75. The maximum atomic E-state index is 5.10. The van der Waals surface area contributed by atoms with Gasteiger partial charge in [0.05, 0.1) is 5.69 Å². The van der Waals surface area contributed by atoms with Gasteiger partial charge in [0.2, 0.25) is 5.95 Å². The van der Waals surface area contributed by atoms with E-state index in [1.165, 1.54) is 120 Å². The lowest BCUT2D eigenvalue weighted by Crippen LogP contribution is -2.36. The Morgan fingerprint density at radius 2 is 1.54 bits per heavy atom. The van der Waals surface area contributed by atoms with Crippen molar-refractivity contribution < 1.29 is 0 Å². The zero-order chi connectivity index (χ0) is 18.8. The first-order chi connectivity index (χ1) is 13.9. The molecule has 3 fully saturated rings. The molecule has 0 aromatic carbocycles. The highest BCUT2D eigenvalue weighted by atomic mass is 15.3. The van der Waals surface area contributed by atoms with E-state index in [2.05, 4.69) is 15.1 Å². The Morgan fingerprint density at radius 1 is 0.750 bits per heavy atom. The molecule has 1 saturated carbocycles. The van der Waals surface area contributed by atoms with E-state index in [4.69, 9.17) is 9.97 Å². The molecule has 0 bridgehead atoms. The van der Waals surface area contributed by atoms with Gasteiger partial charge in [0.25, 0.3) is 0 Å². The highest BCUT2D eigenvalue weighted by molar-refractivity contribution is 5.54. The summed E-state index contributed by atoms with van der Waals surface area (Å²) in [5.74, 6) is 2.16. The molecule has 5 rings (SSSR count). The lowest BCUT2D eigenvalue weighted by atomic mass is 9.94. The van der Waals surface area contributed by atoms with E-state index >= 15 is 0 Å². The summed E-state index contributed by atoms with van der Waals surface area (Å²) in [4.78, 5) is 15.4. The van der Waals surface area contributed by atoms with Crippen molar-refractivity contribution in [1.82, 2.24) is 14.9 Å². The van der Waals surface area contributed by atoms with Crippen molar-refractivity contribution in [3.63, 3.8) is 0 Å². The first kappa shape index (κ1) is 18.7. The molecule has 5 heteroatoms. The van der Waals surface area contributed by atoms with Crippen LogP contribution in [0.4, 0.5) is 11.8 Å². The summed E-state index contributed by atoms with van der Waals surface area (Å²) in [5.41, 5.74) is 2.77. The maximum Gasteiger partial charge on any atom is 0.225 e. The molecule has 5 nitrogen and oxygen atoms in total. The summed E-state index contributed by atoms with van der Waals surface area (Å²) < 4.78 is 0. The van der Waals surface area contributed by atoms with Crippen LogP contribution in [-0.2, 0) is 12.8 Å². The summed E-state index contributed by atoms with van der Waals surface area (Å²) in [6.07, 6.45) is 17.2. The lowest BCUT2D eigenvalue weighted by molar-refractivity contribution is 0.190. The largest absolute Gasteiger partial charge is 0.356 e. The third kappa shape index (κ3) is 4.00. The molecule has 2 aliphatic heterocycles. The van der Waals surface area contributed by atoms with E-state index in [-0.39, 0.29) is 0 Å². The highest BCUT2D eigenvalue weighted by Gasteiger charge is 2.30. The number of nitrogens with zero attached hydrogens (tertiary/aromatic N) is 4. The average molecular weight is 384 g/mol. The second kappa shape index (κ2) is 8.56. The van der Waals surface area contributed by atoms with Crippen molar-refractivity contribution in [2.24, 2.45) is 0 Å². The monoisotopic (exact) mass is 383 g/mol. The molecule has 0 unspecified atom stereocenters. The van der Waals surface area contributed by atoms with Crippen molar-refractivity contribution in [1.29, 1.82) is 0 Å². The number of aryl methyl sites for hydroxylation is 1. The van der Waals surface area contributed by atoms with Crippen LogP contribution in [0.3, 0.4) is 0 Å². The summed E-state index contributed by atoms with van der Waals surface area (Å²) in [7, 11) is 0. The Balaban J connectivity index is 1.29. The van der Waals surface area contributed by atoms with Gasteiger partial charge in [-0.25, -0.2) is 4.98 Å². The van der Waals surface area contributed by atoms with Crippen LogP contribution < -0.4 is 10.2 Å². The number of anilines is 2. The fourth-order valence-electron chi connectivity index (χ4n) is 5.89. The van der Waals surface area contributed by atoms with Crippen molar-refractivity contribution in [3.8, 4) is 0 Å². The van der Waals surface area contributed by atoms with Crippen LogP contribution in [0.5, 0.6) is 0 Å². The second-order valence-electron chi connectivity index (χ2n) is 9.47. The van der Waals surface area contributed by atoms with Crippen molar-refractivity contribution in [3.05, 3.63) is 11.3 Å². The van der Waals surface area contributed by atoms with Crippen molar-refractivity contribution in [2.45, 2.75) is 95.6 Å². The Kier molecular flexibility index (Phi) is 5.70. The second-order valence-corrected chi connectivity index (χ2v) is 9.47. The first-order valence-electron chi connectivity index (χ1n) is 12.0. The van der Waals surface area contributed by atoms with Crippen LogP contribution in [0.1, 0.15) is 81.9 Å². The minimum Gasteiger partial charge on any atom is -0.356 e. The molecule has 1 aromatic rings. The van der Waals surface area contributed by atoms with Gasteiger partial charge < -0.3 is 10.2 Å². The maximum absolute atomic E-state index is 5.10. The Hall–Kier alpha value is -1.36. The molecule has 154 valence electrons. The first-order valence-corrected chi connectivity index (χ1v) is 12.0. The van der Waals surface area contributed by atoms with Crippen LogP contribution in [0, 0.1) is 0 Å². The SMILES string of the molecule is C1CCC(N2CC[C@H](Nc3nc4c(c(N5CCCCCC5)n3)CCC4)C2)CC1. The van der Waals surface area contributed by atoms with Gasteiger partial charge in [-0.15, -0.1) is 0 Å². The third-order valence-corrected chi connectivity index (χ3v) is 7.46. The zero-order valence-corrected chi connectivity index (χ0v) is 17.5. The third-order valence-electron chi connectivity index (χ3n) is 7.46. The van der Waals surface area contributed by atoms with Crippen LogP contribution in [0.25, 0.3) is 0 Å². The summed E-state index contributed by atoms with van der Waals surface area (Å²) >= 11 is 0. The minimum absolute atomic E-state index is 0.512. The van der Waals surface area contributed by atoms with Gasteiger partial charge in [0.15, 0.2) is 0 Å². The lowest BCUT2D eigenvalue weighted by Gasteiger charge is -2.31. The predicted molar refractivity (Wildman–Crippen MR) is 115 cm³/mol. The highest BCUT2D eigenvalue weighted by Crippen LogP contribution is 2.32. The average Bonchev–Trinajstić information content (AvgIpc) is 3.31. The number of hydrogen-bond donors (Lipinski definition) is 1. The zero-order valence-electron chi connectivity index (χ0n) is 17.5. The van der Waals surface area contributed by atoms with E-state index < -0.39 is 0 Å². The molecule has 0 spiro atoms. The molecule has 2 saturated heterocycles. The fraction of sp³-hybridized carbons (Fsp3) is 0.826. The Morgan fingerprint density at radius 3 is 2.36 bits per heavy atom. The Bertz CT molecular complexity index is 661. The molecule has 4 aliphatic rings. The van der Waals surface area contributed by atoms with E-state index in [1.54, 1.807) is 0 Å². The van der Waals surface area contributed by atoms with Gasteiger partial charge >= 0.3 is 0 Å². The van der Waals surface area contributed by atoms with Gasteiger partial charge in [0, 0.05) is 43.8 Å². The van der Waals surface area contributed by atoms with E-state index in [9.17, 15) is 0 Å². The minimum atomic E-state index is 0.512. The number of likely N-dealkylation sites (tertiary alicyclic amines) is 1. The summed E-state index contributed by atoms with van der Waals surface area (Å²) in [5, 5.41) is 3.74. The molecule has 1 atom stereocenters. The van der Waals surface area contributed by atoms with Gasteiger partial charge in [-0.2, -0.15) is 4.98 Å². The number of aromatic nitrogens is 2. The van der Waals surface area contributed by atoms with Crippen molar-refractivity contribution >= 4 is 11.8 Å². The number of hydrogen-bond acceptors (Lipinski definition) is 5. The number of nitrogens with one attached hydrogen (secondary N) is 1. The standard InChI is InChI=1S/C23H37N5/c1-2-7-15-27(14-6-1)22-20-11-8-12-21(20)25-23(26-22)24-18-13-16-28(17-18)19-9-4-3-5-10-19/h18-19H,1-17H2,(H,24,25,26)/t18-/m0/s1. The smallest absolute Gasteiger partial charge is 0.225 e. The van der Waals surface area contributed by atoms with Crippen LogP contribution in [0.2, 0.25) is 0 Å². The van der Waals surface area contributed by atoms with E-state index in [1.807, 2.05) is 0 Å². The molecule has 3 heterocycles. The molecule has 28 heavy (non-hydrogen) atoms. The molecule has 0 amide bonds. The predicted octanol–water partition coefficient (Wildman–Crippen LogP) is 4.16. The van der Waals surface area contributed by atoms with Gasteiger partial charge in [-0.05, 0) is 51.4 Å². The van der Waals surface area contributed by atoms with E-state index in [0.29, 0.717) is 6.04 Å². The van der Waals surface area contributed by atoms with Crippen LogP contribution >= 0.6 is 0 Å². The summed E-state index contributed by atoms with van der Waals surface area (Å²) in [6, 6.07) is 1.34. The molecule has 2 aliphatic carbocycles. The molecule has 1 aromatic heterocycles. The van der Waals surface area contributed by atoms with Crippen LogP contribution in [-0.4, -0.2) is 53.1 Å². The van der Waals surface area contributed by atoms with Crippen LogP contribution in [0.15, 0.2) is 0 Å². The molecule has 0 radical (unpaired) electrons. The van der Waals surface area contributed by atoms with Crippen molar-refractivity contribution in [2.75, 3.05) is 36.4 Å². The van der Waals surface area contributed by atoms with Gasteiger partial charge in [-0.3, -0.25) is 4.90 Å². The molecule has 1 N–H and O–H groups in total. The number of fused-ring (bicyclic) bond motifs is 1. The van der Waals surface area contributed by atoms with E-state index in [0.717, 1.165) is 18.4 Å². The Labute approximate surface area is 170 Å². The van der Waals surface area contributed by atoms with Gasteiger partial charge in [0.1, 0.15) is 5.82 Å². The normalized spacial score (nSPS) is 27.0. The quantitative estimate of drug-likeness (QED) is 0.846. The van der Waals surface area contributed by atoms with Gasteiger partial charge in [-0.1, -0.05) is 32.1 Å². The fourth-order valence-corrected chi connectivity index (χ4v) is 5.89.